The highest BCUT2D eigenvalue weighted by Crippen LogP contribution is 2.22. The second-order valence-corrected chi connectivity index (χ2v) is 8.13. The number of pyridine rings is 1. The molecule has 0 spiro atoms. The van der Waals surface area contributed by atoms with Crippen molar-refractivity contribution in [3.05, 3.63) is 54.4 Å². The van der Waals surface area contributed by atoms with Crippen LogP contribution in [-0.4, -0.2) is 32.4 Å². The maximum Gasteiger partial charge on any atom is 0.240 e. The number of sulfonamides is 1. The summed E-state index contributed by atoms with van der Waals surface area (Å²) >= 11 is 0. The molecule has 3 rings (SSSR count). The van der Waals surface area contributed by atoms with Crippen molar-refractivity contribution in [2.75, 3.05) is 18.0 Å². The second kappa shape index (κ2) is 8.42. The van der Waals surface area contributed by atoms with Gasteiger partial charge in [0.15, 0.2) is 0 Å². The SMILES string of the molecule is O=C1CCCN1c1ccc(S(=O)(=O)NCCCCc2cccnc2)cc1. The molecule has 0 saturated carbocycles. The molecular formula is C19H23N3O3S. The average molecular weight is 373 g/mol. The molecule has 1 N–H and O–H groups in total. The summed E-state index contributed by atoms with van der Waals surface area (Å²) in [4.78, 5) is 17.7. The fourth-order valence-electron chi connectivity index (χ4n) is 3.02. The lowest BCUT2D eigenvalue weighted by Gasteiger charge is -2.16. The zero-order valence-electron chi connectivity index (χ0n) is 14.6. The molecule has 138 valence electrons. The van der Waals surface area contributed by atoms with Gasteiger partial charge in [-0.15, -0.1) is 0 Å². The Labute approximate surface area is 154 Å². The molecule has 7 heteroatoms. The van der Waals surface area contributed by atoms with Crippen LogP contribution >= 0.6 is 0 Å². The topological polar surface area (TPSA) is 79.4 Å². The molecule has 26 heavy (non-hydrogen) atoms. The van der Waals surface area contributed by atoms with Crippen molar-refractivity contribution in [3.8, 4) is 0 Å². The Morgan fingerprint density at radius 2 is 1.92 bits per heavy atom. The fourth-order valence-corrected chi connectivity index (χ4v) is 4.09. The van der Waals surface area contributed by atoms with E-state index in [1.54, 1.807) is 35.4 Å². The number of rotatable bonds is 8. The third-order valence-corrected chi connectivity index (χ3v) is 5.92. The van der Waals surface area contributed by atoms with Gasteiger partial charge >= 0.3 is 0 Å². The molecule has 1 saturated heterocycles. The van der Waals surface area contributed by atoms with E-state index >= 15 is 0 Å². The Morgan fingerprint density at radius 1 is 1.12 bits per heavy atom. The van der Waals surface area contributed by atoms with Gasteiger partial charge in [-0.2, -0.15) is 0 Å². The first-order valence-corrected chi connectivity index (χ1v) is 10.3. The summed E-state index contributed by atoms with van der Waals surface area (Å²) in [7, 11) is -3.52. The number of nitrogens with zero attached hydrogens (tertiary/aromatic N) is 2. The van der Waals surface area contributed by atoms with E-state index in [-0.39, 0.29) is 10.8 Å². The molecule has 2 aromatic rings. The van der Waals surface area contributed by atoms with Crippen molar-refractivity contribution in [2.24, 2.45) is 0 Å². The van der Waals surface area contributed by atoms with Crippen molar-refractivity contribution >= 4 is 21.6 Å². The number of aryl methyl sites for hydroxylation is 1. The number of unbranched alkanes of at least 4 members (excludes halogenated alkanes) is 1. The van der Waals surface area contributed by atoms with E-state index in [0.29, 0.717) is 19.5 Å². The van der Waals surface area contributed by atoms with Crippen LogP contribution in [-0.2, 0) is 21.2 Å². The normalized spacial score (nSPS) is 14.8. The number of aromatic nitrogens is 1. The van der Waals surface area contributed by atoms with Crippen LogP contribution in [0, 0.1) is 0 Å². The molecule has 1 fully saturated rings. The maximum absolute atomic E-state index is 12.4. The number of anilines is 1. The fraction of sp³-hybridized carbons (Fsp3) is 0.368. The van der Waals surface area contributed by atoms with Crippen LogP contribution in [0.4, 0.5) is 5.69 Å². The predicted molar refractivity (Wildman–Crippen MR) is 100 cm³/mol. The van der Waals surface area contributed by atoms with Gasteiger partial charge in [-0.25, -0.2) is 13.1 Å². The summed E-state index contributed by atoms with van der Waals surface area (Å²) in [6.07, 6.45) is 7.51. The van der Waals surface area contributed by atoms with Gasteiger partial charge < -0.3 is 4.90 Å². The first kappa shape index (κ1) is 18.5. The highest BCUT2D eigenvalue weighted by atomic mass is 32.2. The van der Waals surface area contributed by atoms with E-state index < -0.39 is 10.0 Å². The van der Waals surface area contributed by atoms with Gasteiger partial charge in [-0.3, -0.25) is 9.78 Å². The molecule has 0 bridgehead atoms. The second-order valence-electron chi connectivity index (χ2n) is 6.36. The highest BCUT2D eigenvalue weighted by Gasteiger charge is 2.22. The Hall–Kier alpha value is -2.25. The lowest BCUT2D eigenvalue weighted by atomic mass is 10.1. The van der Waals surface area contributed by atoms with E-state index in [0.717, 1.165) is 36.9 Å². The Balaban J connectivity index is 1.49. The smallest absolute Gasteiger partial charge is 0.240 e. The molecule has 1 aromatic carbocycles. The molecule has 0 radical (unpaired) electrons. The summed E-state index contributed by atoms with van der Waals surface area (Å²) in [6, 6.07) is 10.4. The van der Waals surface area contributed by atoms with Gasteiger partial charge in [0.1, 0.15) is 0 Å². The number of benzene rings is 1. The van der Waals surface area contributed by atoms with Crippen LogP contribution < -0.4 is 9.62 Å². The number of hydrogen-bond donors (Lipinski definition) is 1. The molecule has 0 aliphatic carbocycles. The first-order valence-electron chi connectivity index (χ1n) is 8.85. The van der Waals surface area contributed by atoms with E-state index in [1.165, 1.54) is 0 Å². The molecule has 1 aliphatic rings. The summed E-state index contributed by atoms with van der Waals surface area (Å²) in [5.74, 6) is 0.0901. The summed E-state index contributed by atoms with van der Waals surface area (Å²) in [5.41, 5.74) is 1.91. The van der Waals surface area contributed by atoms with Gasteiger partial charge in [-0.05, 0) is 61.6 Å². The maximum atomic E-state index is 12.4. The van der Waals surface area contributed by atoms with E-state index in [4.69, 9.17) is 0 Å². The first-order chi connectivity index (χ1) is 12.6. The standard InChI is InChI=1S/C19H23N3O3S/c23-19-7-4-14-22(19)17-8-10-18(11-9-17)26(24,25)21-13-2-1-5-16-6-3-12-20-15-16/h3,6,8-12,15,21H,1-2,4-5,7,13-14H2. The van der Waals surface area contributed by atoms with Crippen LogP contribution in [0.1, 0.15) is 31.2 Å². The van der Waals surface area contributed by atoms with Crippen molar-refractivity contribution < 1.29 is 13.2 Å². The molecule has 0 atom stereocenters. The quantitative estimate of drug-likeness (QED) is 0.721. The molecule has 0 unspecified atom stereocenters. The van der Waals surface area contributed by atoms with E-state index in [1.807, 2.05) is 18.3 Å². The van der Waals surface area contributed by atoms with Crippen LogP contribution in [0.15, 0.2) is 53.7 Å². The number of amides is 1. The number of hydrogen-bond acceptors (Lipinski definition) is 4. The minimum atomic E-state index is -3.52. The molecule has 2 heterocycles. The van der Waals surface area contributed by atoms with Gasteiger partial charge in [0.25, 0.3) is 0 Å². The van der Waals surface area contributed by atoms with Crippen molar-refractivity contribution in [1.82, 2.24) is 9.71 Å². The molecule has 1 aliphatic heterocycles. The number of nitrogens with one attached hydrogen (secondary N) is 1. The van der Waals surface area contributed by atoms with Gasteiger partial charge in [-0.1, -0.05) is 6.07 Å². The van der Waals surface area contributed by atoms with Crippen molar-refractivity contribution in [2.45, 2.75) is 37.0 Å². The molecule has 6 nitrogen and oxygen atoms in total. The van der Waals surface area contributed by atoms with Crippen LogP contribution in [0.3, 0.4) is 0 Å². The minimum Gasteiger partial charge on any atom is -0.312 e. The monoisotopic (exact) mass is 373 g/mol. The van der Waals surface area contributed by atoms with Crippen LogP contribution in [0.5, 0.6) is 0 Å². The Bertz CT molecular complexity index is 836. The highest BCUT2D eigenvalue weighted by molar-refractivity contribution is 7.89. The lowest BCUT2D eigenvalue weighted by Crippen LogP contribution is -2.26. The lowest BCUT2D eigenvalue weighted by molar-refractivity contribution is -0.117. The van der Waals surface area contributed by atoms with E-state index in [9.17, 15) is 13.2 Å². The van der Waals surface area contributed by atoms with E-state index in [2.05, 4.69) is 9.71 Å². The third kappa shape index (κ3) is 4.68. The molecule has 1 amide bonds. The Morgan fingerprint density at radius 3 is 2.58 bits per heavy atom. The number of carbonyl (C=O) groups is 1. The molecular weight excluding hydrogens is 350 g/mol. The van der Waals surface area contributed by atoms with Crippen molar-refractivity contribution in [1.29, 1.82) is 0 Å². The molecule has 1 aromatic heterocycles. The number of carbonyl (C=O) groups excluding carboxylic acids is 1. The Kier molecular flexibility index (Phi) is 6.00. The van der Waals surface area contributed by atoms with Gasteiger partial charge in [0, 0.05) is 37.6 Å². The summed E-state index contributed by atoms with van der Waals surface area (Å²) in [6.45, 7) is 1.09. The summed E-state index contributed by atoms with van der Waals surface area (Å²) < 4.78 is 27.4. The largest absolute Gasteiger partial charge is 0.312 e. The third-order valence-electron chi connectivity index (χ3n) is 4.44. The summed E-state index contributed by atoms with van der Waals surface area (Å²) in [5, 5.41) is 0. The van der Waals surface area contributed by atoms with Crippen LogP contribution in [0.2, 0.25) is 0 Å². The predicted octanol–water partition coefficient (Wildman–Crippen LogP) is 2.51. The zero-order chi connectivity index (χ0) is 18.4. The van der Waals surface area contributed by atoms with Gasteiger partial charge in [0.2, 0.25) is 15.9 Å². The zero-order valence-corrected chi connectivity index (χ0v) is 15.4. The van der Waals surface area contributed by atoms with Crippen molar-refractivity contribution in [3.63, 3.8) is 0 Å². The average Bonchev–Trinajstić information content (AvgIpc) is 3.08. The van der Waals surface area contributed by atoms with Crippen LogP contribution in [0.25, 0.3) is 0 Å². The minimum absolute atomic E-state index is 0.0901. The van der Waals surface area contributed by atoms with Gasteiger partial charge in [0.05, 0.1) is 4.90 Å².